The number of thiophene rings is 1. The number of hydrogen-bond donors (Lipinski definition) is 1. The van der Waals surface area contributed by atoms with Crippen molar-refractivity contribution in [3.8, 4) is 0 Å². The van der Waals surface area contributed by atoms with Crippen LogP contribution < -0.4 is 5.32 Å². The molecule has 3 aromatic heterocycles. The molecule has 0 spiro atoms. The fourth-order valence-electron chi connectivity index (χ4n) is 2.64. The lowest BCUT2D eigenvalue weighted by molar-refractivity contribution is 0.0952. The van der Waals surface area contributed by atoms with Crippen LogP contribution in [0.4, 0.5) is 0 Å². The molecule has 1 N–H and O–H groups in total. The third kappa shape index (κ3) is 2.98. The number of rotatable bonds is 5. The van der Waals surface area contributed by atoms with Gasteiger partial charge in [0.1, 0.15) is 5.76 Å². The third-order valence-electron chi connectivity index (χ3n) is 3.89. The van der Waals surface area contributed by atoms with Gasteiger partial charge in [0.15, 0.2) is 0 Å². The molecular formula is C18H14N2O2S2. The van der Waals surface area contributed by atoms with Crippen molar-refractivity contribution < 1.29 is 9.21 Å². The minimum absolute atomic E-state index is 0.0161. The predicted octanol–water partition coefficient (Wildman–Crippen LogP) is 4.51. The average molecular weight is 354 g/mol. The number of benzene rings is 1. The minimum atomic E-state index is -0.0860. The molecule has 24 heavy (non-hydrogen) atoms. The molecule has 1 amide bonds. The van der Waals surface area contributed by atoms with E-state index in [2.05, 4.69) is 21.7 Å². The molecule has 120 valence electrons. The van der Waals surface area contributed by atoms with Crippen LogP contribution in [0.5, 0.6) is 0 Å². The van der Waals surface area contributed by atoms with Crippen LogP contribution in [0.15, 0.2) is 63.3 Å². The maximum absolute atomic E-state index is 12.5. The first-order valence-corrected chi connectivity index (χ1v) is 9.30. The van der Waals surface area contributed by atoms with E-state index in [-0.39, 0.29) is 11.8 Å². The van der Waals surface area contributed by atoms with Gasteiger partial charge in [0.25, 0.3) is 5.91 Å². The lowest BCUT2D eigenvalue weighted by Crippen LogP contribution is -2.28. The van der Waals surface area contributed by atoms with Gasteiger partial charge in [-0.3, -0.25) is 4.79 Å². The summed E-state index contributed by atoms with van der Waals surface area (Å²) in [6.07, 6.45) is 1.66. The topological polar surface area (TPSA) is 55.1 Å². The second kappa shape index (κ2) is 6.59. The molecule has 0 fully saturated rings. The monoisotopic (exact) mass is 354 g/mol. The van der Waals surface area contributed by atoms with E-state index >= 15 is 0 Å². The molecule has 0 aliphatic heterocycles. The summed E-state index contributed by atoms with van der Waals surface area (Å²) in [7, 11) is 0. The van der Waals surface area contributed by atoms with E-state index < -0.39 is 0 Å². The number of carbonyl (C=O) groups excluding carboxylic acids is 1. The molecule has 0 saturated heterocycles. The van der Waals surface area contributed by atoms with Crippen molar-refractivity contribution >= 4 is 38.8 Å². The number of carbonyl (C=O) groups is 1. The second-order valence-electron chi connectivity index (χ2n) is 5.37. The highest BCUT2D eigenvalue weighted by Gasteiger charge is 2.19. The number of nitrogens with one attached hydrogen (secondary N) is 1. The van der Waals surface area contributed by atoms with Crippen LogP contribution in [0.2, 0.25) is 0 Å². The molecule has 0 aliphatic carbocycles. The van der Waals surface area contributed by atoms with Gasteiger partial charge in [-0.2, -0.15) is 11.3 Å². The highest BCUT2D eigenvalue weighted by Crippen LogP contribution is 2.26. The average Bonchev–Trinajstić information content (AvgIpc) is 3.36. The van der Waals surface area contributed by atoms with E-state index in [0.717, 1.165) is 21.5 Å². The Morgan fingerprint density at radius 1 is 1.29 bits per heavy atom. The molecular weight excluding hydrogens is 340 g/mol. The number of aromatic nitrogens is 1. The van der Waals surface area contributed by atoms with Crippen LogP contribution in [0.25, 0.3) is 10.2 Å². The summed E-state index contributed by atoms with van der Waals surface area (Å²) in [4.78, 5) is 16.7. The van der Waals surface area contributed by atoms with Crippen LogP contribution in [0, 0.1) is 0 Å². The van der Waals surface area contributed by atoms with Crippen molar-refractivity contribution in [3.63, 3.8) is 0 Å². The third-order valence-corrected chi connectivity index (χ3v) is 5.39. The molecule has 1 unspecified atom stereocenters. The maximum Gasteiger partial charge on any atom is 0.251 e. The van der Waals surface area contributed by atoms with Gasteiger partial charge in [-0.15, -0.1) is 11.3 Å². The van der Waals surface area contributed by atoms with Crippen LogP contribution >= 0.6 is 22.7 Å². The lowest BCUT2D eigenvalue weighted by Gasteiger charge is -2.14. The summed E-state index contributed by atoms with van der Waals surface area (Å²) in [5.41, 5.74) is 4.50. The van der Waals surface area contributed by atoms with Gasteiger partial charge in [-0.05, 0) is 52.7 Å². The Labute approximate surface area is 146 Å². The highest BCUT2D eigenvalue weighted by molar-refractivity contribution is 7.16. The standard InChI is InChI=1S/C18H14N2O2S2/c21-18(12-3-4-15-17(8-12)24-11-20-15)19-9-14(13-5-7-23-10-13)16-2-1-6-22-16/h1-8,10-11,14H,9H2,(H,19,21). The normalized spacial score (nSPS) is 12.3. The molecule has 1 aromatic carbocycles. The number of hydrogen-bond acceptors (Lipinski definition) is 5. The Balaban J connectivity index is 1.52. The van der Waals surface area contributed by atoms with Crippen LogP contribution in [0.3, 0.4) is 0 Å². The summed E-state index contributed by atoms with van der Waals surface area (Å²) < 4.78 is 6.57. The van der Waals surface area contributed by atoms with Crippen LogP contribution in [-0.2, 0) is 0 Å². The summed E-state index contributed by atoms with van der Waals surface area (Å²) in [6, 6.07) is 11.4. The second-order valence-corrected chi connectivity index (χ2v) is 7.04. The van der Waals surface area contributed by atoms with Crippen molar-refractivity contribution in [2.75, 3.05) is 6.54 Å². The molecule has 3 heterocycles. The summed E-state index contributed by atoms with van der Waals surface area (Å²) in [5.74, 6) is 0.783. The number of thiazole rings is 1. The molecule has 0 bridgehead atoms. The summed E-state index contributed by atoms with van der Waals surface area (Å²) in [5, 5.41) is 7.14. The first-order chi connectivity index (χ1) is 11.8. The molecule has 4 rings (SSSR count). The van der Waals surface area contributed by atoms with Gasteiger partial charge < -0.3 is 9.73 Å². The molecule has 6 heteroatoms. The summed E-state index contributed by atoms with van der Waals surface area (Å²) >= 11 is 3.17. The number of nitrogens with zero attached hydrogens (tertiary/aromatic N) is 1. The first kappa shape index (κ1) is 15.1. The largest absolute Gasteiger partial charge is 0.469 e. The number of fused-ring (bicyclic) bond motifs is 1. The Hall–Kier alpha value is -2.44. The quantitative estimate of drug-likeness (QED) is 0.573. The fourth-order valence-corrected chi connectivity index (χ4v) is 4.07. The van der Waals surface area contributed by atoms with Crippen molar-refractivity contribution in [2.45, 2.75) is 5.92 Å². The molecule has 0 radical (unpaired) electrons. The zero-order valence-corrected chi connectivity index (χ0v) is 14.3. The molecule has 1 atom stereocenters. The Bertz CT molecular complexity index is 908. The van der Waals surface area contributed by atoms with E-state index in [1.807, 2.05) is 35.7 Å². The van der Waals surface area contributed by atoms with Gasteiger partial charge in [0.05, 0.1) is 27.9 Å². The smallest absolute Gasteiger partial charge is 0.251 e. The summed E-state index contributed by atoms with van der Waals surface area (Å²) in [6.45, 7) is 0.490. The SMILES string of the molecule is O=C(NCC(c1ccsc1)c1ccco1)c1ccc2ncsc2c1. The zero-order valence-electron chi connectivity index (χ0n) is 12.6. The Kier molecular flexibility index (Phi) is 4.15. The van der Waals surface area contributed by atoms with E-state index in [1.165, 1.54) is 11.3 Å². The van der Waals surface area contributed by atoms with Gasteiger partial charge >= 0.3 is 0 Å². The van der Waals surface area contributed by atoms with Gasteiger partial charge in [0.2, 0.25) is 0 Å². The van der Waals surface area contributed by atoms with E-state index in [4.69, 9.17) is 4.42 Å². The minimum Gasteiger partial charge on any atom is -0.469 e. The molecule has 4 aromatic rings. The predicted molar refractivity (Wildman–Crippen MR) is 96.8 cm³/mol. The number of amides is 1. The van der Waals surface area contributed by atoms with Crippen molar-refractivity contribution in [1.82, 2.24) is 10.3 Å². The van der Waals surface area contributed by atoms with Gasteiger partial charge in [0, 0.05) is 12.1 Å². The fraction of sp³-hybridized carbons (Fsp3) is 0.111. The van der Waals surface area contributed by atoms with E-state index in [0.29, 0.717) is 12.1 Å². The van der Waals surface area contributed by atoms with E-state index in [1.54, 1.807) is 23.1 Å². The maximum atomic E-state index is 12.5. The Morgan fingerprint density at radius 2 is 2.25 bits per heavy atom. The zero-order chi connectivity index (χ0) is 16.4. The van der Waals surface area contributed by atoms with Gasteiger partial charge in [-0.25, -0.2) is 4.98 Å². The van der Waals surface area contributed by atoms with Crippen molar-refractivity contribution in [3.05, 3.63) is 75.8 Å². The first-order valence-electron chi connectivity index (χ1n) is 7.48. The highest BCUT2D eigenvalue weighted by atomic mass is 32.1. The van der Waals surface area contributed by atoms with Gasteiger partial charge in [-0.1, -0.05) is 0 Å². The lowest BCUT2D eigenvalue weighted by atomic mass is 9.99. The van der Waals surface area contributed by atoms with Crippen LogP contribution in [-0.4, -0.2) is 17.4 Å². The van der Waals surface area contributed by atoms with Crippen molar-refractivity contribution in [1.29, 1.82) is 0 Å². The molecule has 0 saturated carbocycles. The molecule has 0 aliphatic rings. The van der Waals surface area contributed by atoms with E-state index in [9.17, 15) is 4.79 Å². The number of furan rings is 1. The molecule has 4 nitrogen and oxygen atoms in total. The van der Waals surface area contributed by atoms with Crippen LogP contribution in [0.1, 0.15) is 27.6 Å². The Morgan fingerprint density at radius 3 is 3.04 bits per heavy atom. The van der Waals surface area contributed by atoms with Crippen molar-refractivity contribution in [2.24, 2.45) is 0 Å².